The monoisotopic (exact) mass is 222 g/mol. The van der Waals surface area contributed by atoms with E-state index in [1.54, 1.807) is 0 Å². The fourth-order valence-electron chi connectivity index (χ4n) is 2.43. The highest BCUT2D eigenvalue weighted by Crippen LogP contribution is 2.32. The Kier molecular flexibility index (Phi) is 2.94. The molecule has 1 aromatic rings. The molecule has 1 heterocycles. The molecule has 2 rings (SSSR count). The van der Waals surface area contributed by atoms with Gasteiger partial charge < -0.3 is 5.73 Å². The molecule has 0 radical (unpaired) electrons. The summed E-state index contributed by atoms with van der Waals surface area (Å²) >= 11 is 0. The first-order valence-corrected chi connectivity index (χ1v) is 5.86. The molecule has 0 unspecified atom stereocenters. The molecular formula is C11H18N4O. The smallest absolute Gasteiger partial charge is 0.271 e. The number of hydrogen-bond acceptors (Lipinski definition) is 3. The number of amides is 1. The van der Waals surface area contributed by atoms with Gasteiger partial charge in [-0.15, -0.1) is 5.10 Å². The lowest BCUT2D eigenvalue weighted by Crippen LogP contribution is -2.17. The molecule has 1 aliphatic rings. The zero-order valence-electron chi connectivity index (χ0n) is 9.81. The van der Waals surface area contributed by atoms with Crippen molar-refractivity contribution in [2.75, 3.05) is 0 Å². The lowest BCUT2D eigenvalue weighted by molar-refractivity contribution is 0.0994. The van der Waals surface area contributed by atoms with E-state index in [0.29, 0.717) is 11.7 Å². The van der Waals surface area contributed by atoms with Crippen LogP contribution < -0.4 is 5.73 Å². The molecule has 1 amide bonds. The van der Waals surface area contributed by atoms with E-state index in [2.05, 4.69) is 10.3 Å². The predicted molar refractivity (Wildman–Crippen MR) is 60.1 cm³/mol. The number of nitrogens with zero attached hydrogens (tertiary/aromatic N) is 3. The van der Waals surface area contributed by atoms with Crippen LogP contribution in [0.25, 0.3) is 0 Å². The largest absolute Gasteiger partial charge is 0.364 e. The second-order valence-corrected chi connectivity index (χ2v) is 4.73. The lowest BCUT2D eigenvalue weighted by Gasteiger charge is -2.15. The molecule has 0 saturated heterocycles. The Morgan fingerprint density at radius 2 is 2.06 bits per heavy atom. The van der Waals surface area contributed by atoms with Crippen LogP contribution in [0.3, 0.4) is 0 Å². The van der Waals surface area contributed by atoms with Gasteiger partial charge in [-0.1, -0.05) is 31.9 Å². The predicted octanol–water partition coefficient (Wildman–Crippen LogP) is 1.62. The topological polar surface area (TPSA) is 73.8 Å². The first-order valence-electron chi connectivity index (χ1n) is 5.86. The summed E-state index contributed by atoms with van der Waals surface area (Å²) in [6.07, 6.45) is 4.71. The minimum atomic E-state index is -0.479. The average molecular weight is 222 g/mol. The zero-order chi connectivity index (χ0) is 11.7. The van der Waals surface area contributed by atoms with E-state index in [0.717, 1.165) is 18.5 Å². The second-order valence-electron chi connectivity index (χ2n) is 4.73. The van der Waals surface area contributed by atoms with Gasteiger partial charge in [-0.3, -0.25) is 4.79 Å². The quantitative estimate of drug-likeness (QED) is 0.844. The first-order chi connectivity index (χ1) is 7.61. The normalized spacial score (nSPS) is 17.2. The first kappa shape index (κ1) is 11.1. The molecule has 0 spiro atoms. The molecule has 88 valence electrons. The highest BCUT2D eigenvalue weighted by atomic mass is 16.1. The van der Waals surface area contributed by atoms with Gasteiger partial charge in [0.05, 0.1) is 11.7 Å². The molecule has 0 bridgehead atoms. The molecule has 1 saturated carbocycles. The number of primary amides is 1. The number of nitrogens with two attached hydrogens (primary N) is 1. The Labute approximate surface area is 95.0 Å². The van der Waals surface area contributed by atoms with Crippen LogP contribution in [0.4, 0.5) is 0 Å². The maximum Gasteiger partial charge on any atom is 0.271 e. The lowest BCUT2D eigenvalue weighted by atomic mass is 10.1. The summed E-state index contributed by atoms with van der Waals surface area (Å²) in [5.74, 6) is -0.258. The summed E-state index contributed by atoms with van der Waals surface area (Å²) in [5.41, 5.74) is 6.53. The molecule has 0 aliphatic heterocycles. The van der Waals surface area contributed by atoms with Gasteiger partial charge in [0.15, 0.2) is 5.69 Å². The molecule has 0 atom stereocenters. The summed E-state index contributed by atoms with van der Waals surface area (Å²) in [4.78, 5) is 11.3. The Morgan fingerprint density at radius 1 is 1.44 bits per heavy atom. The Hall–Kier alpha value is -1.39. The summed E-state index contributed by atoms with van der Waals surface area (Å²) in [6, 6.07) is 0.401. The Balaban J connectivity index is 2.40. The molecule has 5 heteroatoms. The average Bonchev–Trinajstić information content (AvgIpc) is 2.85. The number of hydrogen-bond donors (Lipinski definition) is 1. The van der Waals surface area contributed by atoms with E-state index in [4.69, 9.17) is 5.73 Å². The van der Waals surface area contributed by atoms with Crippen molar-refractivity contribution in [1.29, 1.82) is 0 Å². The molecule has 16 heavy (non-hydrogen) atoms. The fraction of sp³-hybridized carbons (Fsp3) is 0.727. The van der Waals surface area contributed by atoms with Gasteiger partial charge in [-0.2, -0.15) is 0 Å². The van der Waals surface area contributed by atoms with Crippen LogP contribution in [0, 0.1) is 0 Å². The van der Waals surface area contributed by atoms with E-state index < -0.39 is 5.91 Å². The Morgan fingerprint density at radius 3 is 2.56 bits per heavy atom. The van der Waals surface area contributed by atoms with Crippen LogP contribution in [-0.4, -0.2) is 20.9 Å². The standard InChI is InChI=1S/C11H18N4O/c1-7(2)10-9(11(12)16)13-14-15(10)8-5-3-4-6-8/h7-8H,3-6H2,1-2H3,(H2,12,16). The van der Waals surface area contributed by atoms with Crippen molar-refractivity contribution in [3.05, 3.63) is 11.4 Å². The molecule has 1 fully saturated rings. The van der Waals surface area contributed by atoms with Gasteiger partial charge in [-0.05, 0) is 18.8 Å². The van der Waals surface area contributed by atoms with Gasteiger partial charge >= 0.3 is 0 Å². The van der Waals surface area contributed by atoms with Gasteiger partial charge in [0.1, 0.15) is 0 Å². The third-order valence-electron chi connectivity index (χ3n) is 3.18. The molecule has 5 nitrogen and oxygen atoms in total. The number of aromatic nitrogens is 3. The summed E-state index contributed by atoms with van der Waals surface area (Å²) < 4.78 is 1.91. The van der Waals surface area contributed by atoms with Gasteiger partial charge in [0.25, 0.3) is 5.91 Å². The van der Waals surface area contributed by atoms with Crippen molar-refractivity contribution in [2.24, 2.45) is 5.73 Å². The third-order valence-corrected chi connectivity index (χ3v) is 3.18. The van der Waals surface area contributed by atoms with Crippen molar-refractivity contribution in [1.82, 2.24) is 15.0 Å². The fourth-order valence-corrected chi connectivity index (χ4v) is 2.43. The van der Waals surface area contributed by atoms with Gasteiger partial charge in [0.2, 0.25) is 0 Å². The SMILES string of the molecule is CC(C)c1c(C(N)=O)nnn1C1CCCC1. The maximum absolute atomic E-state index is 11.3. The van der Waals surface area contributed by atoms with Crippen LogP contribution in [0.5, 0.6) is 0 Å². The molecule has 2 N–H and O–H groups in total. The number of carbonyl (C=O) groups is 1. The van der Waals surface area contributed by atoms with E-state index in [1.807, 2.05) is 18.5 Å². The summed E-state index contributed by atoms with van der Waals surface area (Å²) in [6.45, 7) is 4.08. The van der Waals surface area contributed by atoms with Crippen LogP contribution in [0.2, 0.25) is 0 Å². The second kappa shape index (κ2) is 4.23. The summed E-state index contributed by atoms with van der Waals surface area (Å²) in [7, 11) is 0. The van der Waals surface area contributed by atoms with E-state index in [-0.39, 0.29) is 5.92 Å². The van der Waals surface area contributed by atoms with Crippen LogP contribution >= 0.6 is 0 Å². The van der Waals surface area contributed by atoms with Crippen molar-refractivity contribution >= 4 is 5.91 Å². The number of carbonyl (C=O) groups excluding carboxylic acids is 1. The Bertz CT molecular complexity index is 391. The minimum Gasteiger partial charge on any atom is -0.364 e. The van der Waals surface area contributed by atoms with Gasteiger partial charge in [0, 0.05) is 0 Å². The van der Waals surface area contributed by atoms with Crippen LogP contribution in [0.15, 0.2) is 0 Å². The maximum atomic E-state index is 11.3. The van der Waals surface area contributed by atoms with Crippen molar-refractivity contribution in [2.45, 2.75) is 51.5 Å². The molecule has 0 aromatic carbocycles. The highest BCUT2D eigenvalue weighted by Gasteiger charge is 2.26. The van der Waals surface area contributed by atoms with Crippen molar-refractivity contribution < 1.29 is 4.79 Å². The van der Waals surface area contributed by atoms with Crippen LogP contribution in [-0.2, 0) is 0 Å². The molecular weight excluding hydrogens is 204 g/mol. The third kappa shape index (κ3) is 1.81. The number of rotatable bonds is 3. The van der Waals surface area contributed by atoms with Crippen LogP contribution in [0.1, 0.15) is 67.7 Å². The van der Waals surface area contributed by atoms with Gasteiger partial charge in [-0.25, -0.2) is 4.68 Å². The van der Waals surface area contributed by atoms with E-state index in [1.165, 1.54) is 12.8 Å². The van der Waals surface area contributed by atoms with Crippen molar-refractivity contribution in [3.63, 3.8) is 0 Å². The minimum absolute atomic E-state index is 0.220. The summed E-state index contributed by atoms with van der Waals surface area (Å²) in [5, 5.41) is 8.03. The van der Waals surface area contributed by atoms with E-state index in [9.17, 15) is 4.79 Å². The van der Waals surface area contributed by atoms with E-state index >= 15 is 0 Å². The van der Waals surface area contributed by atoms with Crippen molar-refractivity contribution in [3.8, 4) is 0 Å². The molecule has 1 aliphatic carbocycles. The molecule has 1 aromatic heterocycles. The highest BCUT2D eigenvalue weighted by molar-refractivity contribution is 5.91. The zero-order valence-corrected chi connectivity index (χ0v) is 9.81.